The van der Waals surface area contributed by atoms with Crippen LogP contribution in [0, 0.1) is 5.82 Å². The van der Waals surface area contributed by atoms with Crippen LogP contribution >= 0.6 is 0 Å². The average molecular weight is 292 g/mol. The van der Waals surface area contributed by atoms with Gasteiger partial charge in [-0.25, -0.2) is 17.8 Å². The number of nitrogens with two attached hydrogens (primary N) is 1. The van der Waals surface area contributed by atoms with Crippen LogP contribution in [0.5, 0.6) is 0 Å². The Kier molecular flexibility index (Phi) is 3.85. The maximum Gasteiger partial charge on any atom is 0.175 e. The molecule has 20 heavy (non-hydrogen) atoms. The summed E-state index contributed by atoms with van der Waals surface area (Å²) in [5.74, 6) is -0.115. The van der Waals surface area contributed by atoms with Crippen LogP contribution < -0.4 is 5.73 Å². The summed E-state index contributed by atoms with van der Waals surface area (Å²) in [6.45, 7) is 0. The fourth-order valence-electron chi connectivity index (χ4n) is 1.59. The molecule has 0 amide bonds. The van der Waals surface area contributed by atoms with Crippen molar-refractivity contribution in [3.63, 3.8) is 0 Å². The number of aliphatic imine (C=N–C) groups is 1. The van der Waals surface area contributed by atoms with Gasteiger partial charge in [0.1, 0.15) is 11.7 Å². The molecule has 0 heterocycles. The Hall–Kier alpha value is -2.21. The molecule has 0 aliphatic carbocycles. The van der Waals surface area contributed by atoms with Crippen LogP contribution in [0.15, 0.2) is 58.4 Å². The molecule has 0 saturated heterocycles. The Bertz CT molecular complexity index is 736. The molecular formula is C14H13FN2O2S. The molecule has 0 bridgehead atoms. The fraction of sp³-hybridized carbons (Fsp3) is 0.0714. The maximum atomic E-state index is 12.8. The molecule has 2 rings (SSSR count). The van der Waals surface area contributed by atoms with Crippen molar-refractivity contribution in [3.8, 4) is 0 Å². The Morgan fingerprint density at radius 3 is 2.10 bits per heavy atom. The topological polar surface area (TPSA) is 72.5 Å². The van der Waals surface area contributed by atoms with Gasteiger partial charge in [0.15, 0.2) is 9.84 Å². The van der Waals surface area contributed by atoms with E-state index in [-0.39, 0.29) is 16.5 Å². The van der Waals surface area contributed by atoms with Crippen molar-refractivity contribution in [1.82, 2.24) is 0 Å². The number of sulfone groups is 1. The molecule has 4 nitrogen and oxygen atoms in total. The van der Waals surface area contributed by atoms with E-state index < -0.39 is 9.84 Å². The van der Waals surface area contributed by atoms with Gasteiger partial charge in [-0.05, 0) is 48.5 Å². The zero-order valence-electron chi connectivity index (χ0n) is 10.7. The number of amidine groups is 1. The second kappa shape index (κ2) is 5.42. The lowest BCUT2D eigenvalue weighted by Crippen LogP contribution is -2.12. The Morgan fingerprint density at radius 1 is 1.05 bits per heavy atom. The van der Waals surface area contributed by atoms with Crippen molar-refractivity contribution < 1.29 is 12.8 Å². The van der Waals surface area contributed by atoms with Gasteiger partial charge in [0, 0.05) is 11.8 Å². The molecule has 2 aromatic carbocycles. The summed E-state index contributed by atoms with van der Waals surface area (Å²) in [6, 6.07) is 11.7. The zero-order valence-corrected chi connectivity index (χ0v) is 11.6. The summed E-state index contributed by atoms with van der Waals surface area (Å²) in [5, 5.41) is 0. The third-order valence-electron chi connectivity index (χ3n) is 2.65. The van der Waals surface area contributed by atoms with Crippen LogP contribution in [0.3, 0.4) is 0 Å². The summed E-state index contributed by atoms with van der Waals surface area (Å²) in [5.41, 5.74) is 6.93. The minimum atomic E-state index is -3.23. The summed E-state index contributed by atoms with van der Waals surface area (Å²) < 4.78 is 35.4. The molecule has 104 valence electrons. The van der Waals surface area contributed by atoms with Gasteiger partial charge in [-0.15, -0.1) is 0 Å². The zero-order chi connectivity index (χ0) is 14.8. The quantitative estimate of drug-likeness (QED) is 0.696. The number of halogens is 1. The maximum absolute atomic E-state index is 12.8. The van der Waals surface area contributed by atoms with E-state index in [1.165, 1.54) is 36.4 Å². The van der Waals surface area contributed by atoms with Crippen LogP contribution in [-0.4, -0.2) is 20.5 Å². The van der Waals surface area contributed by atoms with Crippen molar-refractivity contribution in [3.05, 3.63) is 59.9 Å². The molecule has 2 N–H and O–H groups in total. The molecule has 0 saturated carbocycles. The highest BCUT2D eigenvalue weighted by Crippen LogP contribution is 2.17. The van der Waals surface area contributed by atoms with Crippen molar-refractivity contribution in [2.24, 2.45) is 10.7 Å². The lowest BCUT2D eigenvalue weighted by Gasteiger charge is -2.02. The highest BCUT2D eigenvalue weighted by molar-refractivity contribution is 7.90. The summed E-state index contributed by atoms with van der Waals surface area (Å²) in [4.78, 5) is 4.38. The molecule has 0 fully saturated rings. The lowest BCUT2D eigenvalue weighted by molar-refractivity contribution is 0.602. The normalized spacial score (nSPS) is 12.4. The fourth-order valence-corrected chi connectivity index (χ4v) is 2.22. The highest BCUT2D eigenvalue weighted by Gasteiger charge is 2.06. The minimum absolute atomic E-state index is 0.219. The summed E-state index contributed by atoms with van der Waals surface area (Å²) in [6.07, 6.45) is 1.14. The smallest absolute Gasteiger partial charge is 0.175 e. The number of hydrogen-bond acceptors (Lipinski definition) is 3. The van der Waals surface area contributed by atoms with E-state index in [1.54, 1.807) is 12.1 Å². The predicted molar refractivity (Wildman–Crippen MR) is 76.3 cm³/mol. The first-order valence-corrected chi connectivity index (χ1v) is 7.65. The molecule has 0 aromatic heterocycles. The summed E-state index contributed by atoms with van der Waals surface area (Å²) in [7, 11) is -3.23. The van der Waals surface area contributed by atoms with E-state index in [1.807, 2.05) is 0 Å². The van der Waals surface area contributed by atoms with Crippen LogP contribution in [0.25, 0.3) is 0 Å². The van der Waals surface area contributed by atoms with Gasteiger partial charge in [-0.3, -0.25) is 0 Å². The molecule has 0 atom stereocenters. The SMILES string of the molecule is CS(=O)(=O)c1ccc(N=C(N)c2ccc(F)cc2)cc1. The molecule has 0 spiro atoms. The van der Waals surface area contributed by atoms with Crippen LogP contribution in [0.4, 0.5) is 10.1 Å². The molecule has 0 aliphatic heterocycles. The average Bonchev–Trinajstić information content (AvgIpc) is 2.39. The molecule has 6 heteroatoms. The monoisotopic (exact) mass is 292 g/mol. The van der Waals surface area contributed by atoms with Crippen molar-refractivity contribution in [1.29, 1.82) is 0 Å². The van der Waals surface area contributed by atoms with Gasteiger partial charge < -0.3 is 5.73 Å². The Labute approximate surface area is 116 Å². The first kappa shape index (κ1) is 14.2. The van der Waals surface area contributed by atoms with E-state index in [0.717, 1.165) is 6.26 Å². The minimum Gasteiger partial charge on any atom is -0.383 e. The van der Waals surface area contributed by atoms with Gasteiger partial charge in [0.2, 0.25) is 0 Å². The van der Waals surface area contributed by atoms with Gasteiger partial charge >= 0.3 is 0 Å². The van der Waals surface area contributed by atoms with E-state index in [0.29, 0.717) is 11.3 Å². The first-order valence-electron chi connectivity index (χ1n) is 5.76. The number of rotatable bonds is 3. The largest absolute Gasteiger partial charge is 0.383 e. The van der Waals surface area contributed by atoms with Crippen molar-refractivity contribution in [2.75, 3.05) is 6.26 Å². The lowest BCUT2D eigenvalue weighted by atomic mass is 10.2. The number of benzene rings is 2. The van der Waals surface area contributed by atoms with Crippen molar-refractivity contribution >= 4 is 21.4 Å². The van der Waals surface area contributed by atoms with Gasteiger partial charge in [0.05, 0.1) is 10.6 Å². The van der Waals surface area contributed by atoms with E-state index in [4.69, 9.17) is 5.73 Å². The van der Waals surface area contributed by atoms with Crippen LogP contribution in [0.1, 0.15) is 5.56 Å². The first-order chi connectivity index (χ1) is 9.36. The second-order valence-electron chi connectivity index (χ2n) is 4.27. The van der Waals surface area contributed by atoms with Gasteiger partial charge in [-0.1, -0.05) is 0 Å². The Balaban J connectivity index is 2.28. The predicted octanol–water partition coefficient (Wildman–Crippen LogP) is 2.27. The van der Waals surface area contributed by atoms with E-state index >= 15 is 0 Å². The molecular weight excluding hydrogens is 279 g/mol. The van der Waals surface area contributed by atoms with E-state index in [2.05, 4.69) is 4.99 Å². The molecule has 0 aliphatic rings. The molecule has 0 radical (unpaired) electrons. The summed E-state index contributed by atoms with van der Waals surface area (Å²) >= 11 is 0. The van der Waals surface area contributed by atoms with E-state index in [9.17, 15) is 12.8 Å². The number of hydrogen-bond donors (Lipinski definition) is 1. The second-order valence-corrected chi connectivity index (χ2v) is 6.29. The number of nitrogens with zero attached hydrogens (tertiary/aromatic N) is 1. The highest BCUT2D eigenvalue weighted by atomic mass is 32.2. The standard InChI is InChI=1S/C14H13FN2O2S/c1-20(18,19)13-8-6-12(7-9-13)17-14(16)10-2-4-11(15)5-3-10/h2-9H,1H3,(H2,16,17). The third-order valence-corrected chi connectivity index (χ3v) is 3.78. The van der Waals surface area contributed by atoms with Crippen LogP contribution in [-0.2, 0) is 9.84 Å². The van der Waals surface area contributed by atoms with Crippen LogP contribution in [0.2, 0.25) is 0 Å². The third kappa shape index (κ3) is 3.42. The molecule has 2 aromatic rings. The van der Waals surface area contributed by atoms with Gasteiger partial charge in [0.25, 0.3) is 0 Å². The molecule has 0 unspecified atom stereocenters. The van der Waals surface area contributed by atoms with Crippen molar-refractivity contribution in [2.45, 2.75) is 4.90 Å². The van der Waals surface area contributed by atoms with Gasteiger partial charge in [-0.2, -0.15) is 0 Å². The Morgan fingerprint density at radius 2 is 1.60 bits per heavy atom.